The summed E-state index contributed by atoms with van der Waals surface area (Å²) in [5.41, 5.74) is 2.32. The average Bonchev–Trinajstić information content (AvgIpc) is 2.05. The molecule has 0 rings (SSSR count). The van der Waals surface area contributed by atoms with Crippen LogP contribution in [0.5, 0.6) is 0 Å². The van der Waals surface area contributed by atoms with Crippen molar-refractivity contribution in [3.8, 4) is 0 Å². The van der Waals surface area contributed by atoms with Crippen LogP contribution >= 0.6 is 0 Å². The lowest BCUT2D eigenvalue weighted by Crippen LogP contribution is -2.15. The lowest BCUT2D eigenvalue weighted by molar-refractivity contribution is -0.0762. The molecule has 0 saturated heterocycles. The van der Waals surface area contributed by atoms with Gasteiger partial charge in [-0.3, -0.25) is 0 Å². The van der Waals surface area contributed by atoms with E-state index in [1.807, 2.05) is 0 Å². The Morgan fingerprint density at radius 2 is 1.85 bits per heavy atom. The SMILES string of the molecule is C=C(CCC=C(C)C)C(OC)OC. The van der Waals surface area contributed by atoms with E-state index >= 15 is 0 Å². The zero-order valence-electron chi connectivity index (χ0n) is 9.09. The van der Waals surface area contributed by atoms with E-state index in [0.29, 0.717) is 0 Å². The molecule has 0 spiro atoms. The molecule has 0 aliphatic rings. The molecule has 0 fully saturated rings. The number of ether oxygens (including phenoxy) is 2. The topological polar surface area (TPSA) is 18.5 Å². The molecular weight excluding hydrogens is 164 g/mol. The van der Waals surface area contributed by atoms with Crippen molar-refractivity contribution in [3.05, 3.63) is 23.8 Å². The number of methoxy groups -OCH3 is 2. The Labute approximate surface area is 81.2 Å². The van der Waals surface area contributed by atoms with Gasteiger partial charge in [-0.2, -0.15) is 0 Å². The van der Waals surface area contributed by atoms with Crippen LogP contribution in [0.1, 0.15) is 26.7 Å². The molecule has 0 aromatic carbocycles. The standard InChI is InChI=1S/C11H20O2/c1-9(2)7-6-8-10(3)11(12-4)13-5/h7,11H,3,6,8H2,1-2,4-5H3. The molecule has 0 atom stereocenters. The van der Waals surface area contributed by atoms with Crippen molar-refractivity contribution in [2.75, 3.05) is 14.2 Å². The summed E-state index contributed by atoms with van der Waals surface area (Å²) in [6, 6.07) is 0. The van der Waals surface area contributed by atoms with Gasteiger partial charge in [0, 0.05) is 14.2 Å². The van der Waals surface area contributed by atoms with E-state index < -0.39 is 0 Å². The largest absolute Gasteiger partial charge is 0.352 e. The zero-order valence-corrected chi connectivity index (χ0v) is 9.09. The maximum atomic E-state index is 5.08. The Hall–Kier alpha value is -0.600. The number of allylic oxidation sites excluding steroid dienone is 2. The minimum atomic E-state index is -0.259. The Balaban J connectivity index is 3.79. The van der Waals surface area contributed by atoms with E-state index in [-0.39, 0.29) is 6.29 Å². The zero-order chi connectivity index (χ0) is 10.3. The van der Waals surface area contributed by atoms with Crippen molar-refractivity contribution < 1.29 is 9.47 Å². The Bertz CT molecular complexity index is 175. The molecule has 0 radical (unpaired) electrons. The van der Waals surface area contributed by atoms with Crippen LogP contribution in [0.4, 0.5) is 0 Å². The van der Waals surface area contributed by atoms with Gasteiger partial charge in [0.15, 0.2) is 6.29 Å². The van der Waals surface area contributed by atoms with Gasteiger partial charge >= 0.3 is 0 Å². The summed E-state index contributed by atoms with van der Waals surface area (Å²) in [6.45, 7) is 8.09. The second-order valence-electron chi connectivity index (χ2n) is 3.28. The number of hydrogen-bond donors (Lipinski definition) is 0. The highest BCUT2D eigenvalue weighted by Gasteiger charge is 2.08. The number of hydrogen-bond acceptors (Lipinski definition) is 2. The fraction of sp³-hybridized carbons (Fsp3) is 0.636. The van der Waals surface area contributed by atoms with Crippen LogP contribution in [0.25, 0.3) is 0 Å². The van der Waals surface area contributed by atoms with Gasteiger partial charge in [-0.1, -0.05) is 18.2 Å². The summed E-state index contributed by atoms with van der Waals surface area (Å²) in [4.78, 5) is 0. The molecule has 76 valence electrons. The van der Waals surface area contributed by atoms with Gasteiger partial charge in [-0.15, -0.1) is 0 Å². The molecule has 2 heteroatoms. The van der Waals surface area contributed by atoms with Gasteiger partial charge in [-0.25, -0.2) is 0 Å². The van der Waals surface area contributed by atoms with Crippen molar-refractivity contribution in [2.45, 2.75) is 33.0 Å². The van der Waals surface area contributed by atoms with Gasteiger partial charge in [0.25, 0.3) is 0 Å². The fourth-order valence-electron chi connectivity index (χ4n) is 1.09. The van der Waals surface area contributed by atoms with Gasteiger partial charge in [0.2, 0.25) is 0 Å². The van der Waals surface area contributed by atoms with Crippen LogP contribution in [-0.4, -0.2) is 20.5 Å². The van der Waals surface area contributed by atoms with Crippen LogP contribution in [0.2, 0.25) is 0 Å². The van der Waals surface area contributed by atoms with Gasteiger partial charge in [0.1, 0.15) is 0 Å². The molecule has 0 saturated carbocycles. The molecule has 0 heterocycles. The lowest BCUT2D eigenvalue weighted by Gasteiger charge is -2.15. The van der Waals surface area contributed by atoms with Gasteiger partial charge < -0.3 is 9.47 Å². The molecule has 0 unspecified atom stereocenters. The lowest BCUT2D eigenvalue weighted by atomic mass is 10.1. The molecular formula is C11H20O2. The summed E-state index contributed by atoms with van der Waals surface area (Å²) in [5, 5.41) is 0. The molecule has 0 N–H and O–H groups in total. The highest BCUT2D eigenvalue weighted by Crippen LogP contribution is 2.12. The summed E-state index contributed by atoms with van der Waals surface area (Å²) < 4.78 is 10.2. The number of rotatable bonds is 6. The molecule has 0 bridgehead atoms. The van der Waals surface area contributed by atoms with E-state index in [9.17, 15) is 0 Å². The summed E-state index contributed by atoms with van der Waals surface area (Å²) in [7, 11) is 3.25. The first-order chi connectivity index (χ1) is 6.11. The fourth-order valence-corrected chi connectivity index (χ4v) is 1.09. The van der Waals surface area contributed by atoms with Crippen molar-refractivity contribution in [1.29, 1.82) is 0 Å². The summed E-state index contributed by atoms with van der Waals surface area (Å²) >= 11 is 0. The van der Waals surface area contributed by atoms with E-state index in [1.165, 1.54) is 5.57 Å². The molecule has 0 aliphatic carbocycles. The van der Waals surface area contributed by atoms with E-state index in [4.69, 9.17) is 9.47 Å². The van der Waals surface area contributed by atoms with Gasteiger partial charge in [0.05, 0.1) is 0 Å². The van der Waals surface area contributed by atoms with E-state index in [1.54, 1.807) is 14.2 Å². The summed E-state index contributed by atoms with van der Waals surface area (Å²) in [5.74, 6) is 0. The predicted molar refractivity (Wildman–Crippen MR) is 55.6 cm³/mol. The third kappa shape index (κ3) is 5.61. The minimum absolute atomic E-state index is 0.259. The first kappa shape index (κ1) is 12.4. The van der Waals surface area contributed by atoms with Crippen molar-refractivity contribution in [2.24, 2.45) is 0 Å². The first-order valence-corrected chi connectivity index (χ1v) is 4.48. The van der Waals surface area contributed by atoms with Crippen LogP contribution in [0.15, 0.2) is 23.8 Å². The highest BCUT2D eigenvalue weighted by atomic mass is 16.7. The molecule has 0 aromatic heterocycles. The smallest absolute Gasteiger partial charge is 0.178 e. The van der Waals surface area contributed by atoms with Crippen molar-refractivity contribution >= 4 is 0 Å². The van der Waals surface area contributed by atoms with Crippen molar-refractivity contribution in [3.63, 3.8) is 0 Å². The molecule has 2 nitrogen and oxygen atoms in total. The Kier molecular flexibility index (Phi) is 6.55. The third-order valence-electron chi connectivity index (χ3n) is 1.78. The van der Waals surface area contributed by atoms with Crippen LogP contribution in [0, 0.1) is 0 Å². The maximum Gasteiger partial charge on any atom is 0.178 e. The van der Waals surface area contributed by atoms with E-state index in [0.717, 1.165) is 18.4 Å². The van der Waals surface area contributed by atoms with Gasteiger partial charge in [-0.05, 0) is 32.3 Å². The normalized spacial score (nSPS) is 10.2. The van der Waals surface area contributed by atoms with Crippen molar-refractivity contribution in [1.82, 2.24) is 0 Å². The Morgan fingerprint density at radius 3 is 2.23 bits per heavy atom. The third-order valence-corrected chi connectivity index (χ3v) is 1.78. The van der Waals surface area contributed by atoms with Crippen LogP contribution in [-0.2, 0) is 9.47 Å². The maximum absolute atomic E-state index is 5.08. The molecule has 0 aromatic rings. The first-order valence-electron chi connectivity index (χ1n) is 4.48. The van der Waals surface area contributed by atoms with Crippen LogP contribution < -0.4 is 0 Å². The summed E-state index contributed by atoms with van der Waals surface area (Å²) in [6.07, 6.45) is 3.85. The second-order valence-corrected chi connectivity index (χ2v) is 3.28. The molecule has 0 amide bonds. The monoisotopic (exact) mass is 184 g/mol. The predicted octanol–water partition coefficient (Wildman–Crippen LogP) is 2.91. The average molecular weight is 184 g/mol. The Morgan fingerprint density at radius 1 is 1.31 bits per heavy atom. The van der Waals surface area contributed by atoms with Crippen LogP contribution in [0.3, 0.4) is 0 Å². The van der Waals surface area contributed by atoms with E-state index in [2.05, 4.69) is 26.5 Å². The molecule has 13 heavy (non-hydrogen) atoms. The second kappa shape index (κ2) is 6.87. The highest BCUT2D eigenvalue weighted by molar-refractivity contribution is 5.02. The molecule has 0 aliphatic heterocycles. The minimum Gasteiger partial charge on any atom is -0.352 e. The quantitative estimate of drug-likeness (QED) is 0.467.